The highest BCUT2D eigenvalue weighted by molar-refractivity contribution is 7.90. The molecule has 1 aromatic heterocycles. The van der Waals surface area contributed by atoms with Crippen molar-refractivity contribution in [1.29, 1.82) is 0 Å². The fourth-order valence-electron chi connectivity index (χ4n) is 0.858. The normalized spacial score (nSPS) is 11.6. The summed E-state index contributed by atoms with van der Waals surface area (Å²) >= 11 is 0. The van der Waals surface area contributed by atoms with E-state index in [-0.39, 0.29) is 16.5 Å². The first-order chi connectivity index (χ1) is 5.93. The number of hydrogen-bond donors (Lipinski definition) is 0. The SMILES string of the molecule is Cc1nc(CF)cc(S(C)(=O)=O)n1. The van der Waals surface area contributed by atoms with Crippen LogP contribution in [0.5, 0.6) is 0 Å². The van der Waals surface area contributed by atoms with Crippen LogP contribution >= 0.6 is 0 Å². The van der Waals surface area contributed by atoms with E-state index in [1.165, 1.54) is 6.92 Å². The molecule has 0 spiro atoms. The maximum absolute atomic E-state index is 12.2. The minimum absolute atomic E-state index is 0.0907. The molecule has 0 radical (unpaired) electrons. The van der Waals surface area contributed by atoms with Crippen LogP contribution < -0.4 is 0 Å². The molecule has 0 saturated carbocycles. The fraction of sp³-hybridized carbons (Fsp3) is 0.429. The second kappa shape index (κ2) is 3.37. The second-order valence-electron chi connectivity index (χ2n) is 2.65. The minimum Gasteiger partial charge on any atom is -0.244 e. The van der Waals surface area contributed by atoms with E-state index in [4.69, 9.17) is 0 Å². The number of nitrogens with zero attached hydrogens (tertiary/aromatic N) is 2. The molecule has 13 heavy (non-hydrogen) atoms. The lowest BCUT2D eigenvalue weighted by Crippen LogP contribution is -2.05. The van der Waals surface area contributed by atoms with Crippen molar-refractivity contribution in [2.75, 3.05) is 6.26 Å². The van der Waals surface area contributed by atoms with Crippen LogP contribution in [0.2, 0.25) is 0 Å². The van der Waals surface area contributed by atoms with E-state index >= 15 is 0 Å². The summed E-state index contributed by atoms with van der Waals surface area (Å²) < 4.78 is 34.3. The van der Waals surface area contributed by atoms with Gasteiger partial charge in [0, 0.05) is 6.26 Å². The Kier molecular flexibility index (Phi) is 2.60. The molecule has 0 aliphatic carbocycles. The Balaban J connectivity index is 3.33. The molecule has 0 saturated heterocycles. The van der Waals surface area contributed by atoms with Crippen LogP contribution in [0.1, 0.15) is 11.5 Å². The Morgan fingerprint density at radius 3 is 2.54 bits per heavy atom. The van der Waals surface area contributed by atoms with Crippen molar-refractivity contribution in [3.8, 4) is 0 Å². The lowest BCUT2D eigenvalue weighted by Gasteiger charge is -2.00. The largest absolute Gasteiger partial charge is 0.244 e. The zero-order valence-electron chi connectivity index (χ0n) is 7.28. The van der Waals surface area contributed by atoms with E-state index in [1.54, 1.807) is 0 Å². The summed E-state index contributed by atoms with van der Waals surface area (Å²) in [6.07, 6.45) is 1.02. The predicted octanol–water partition coefficient (Wildman–Crippen LogP) is 0.658. The number of sulfone groups is 1. The van der Waals surface area contributed by atoms with Crippen molar-refractivity contribution in [3.05, 3.63) is 17.6 Å². The summed E-state index contributed by atoms with van der Waals surface area (Å²) in [6, 6.07) is 1.14. The van der Waals surface area contributed by atoms with Gasteiger partial charge >= 0.3 is 0 Å². The van der Waals surface area contributed by atoms with Gasteiger partial charge in [-0.1, -0.05) is 0 Å². The Morgan fingerprint density at radius 1 is 1.46 bits per heavy atom. The first kappa shape index (κ1) is 10.0. The molecule has 0 bridgehead atoms. The summed E-state index contributed by atoms with van der Waals surface area (Å²) in [5.74, 6) is 0.260. The lowest BCUT2D eigenvalue weighted by atomic mass is 10.4. The van der Waals surface area contributed by atoms with Crippen molar-refractivity contribution >= 4 is 9.84 Å². The lowest BCUT2D eigenvalue weighted by molar-refractivity contribution is 0.472. The predicted molar refractivity (Wildman–Crippen MR) is 44.7 cm³/mol. The third-order valence-electron chi connectivity index (χ3n) is 1.38. The first-order valence-corrected chi connectivity index (χ1v) is 5.43. The van der Waals surface area contributed by atoms with Gasteiger partial charge in [-0.05, 0) is 13.0 Å². The maximum Gasteiger partial charge on any atom is 0.192 e. The topological polar surface area (TPSA) is 59.9 Å². The highest BCUT2D eigenvalue weighted by atomic mass is 32.2. The van der Waals surface area contributed by atoms with Gasteiger partial charge in [-0.3, -0.25) is 0 Å². The first-order valence-electron chi connectivity index (χ1n) is 3.54. The monoisotopic (exact) mass is 204 g/mol. The molecule has 1 heterocycles. The molecule has 0 aromatic carbocycles. The summed E-state index contributed by atoms with van der Waals surface area (Å²) in [4.78, 5) is 7.40. The Bertz CT molecular complexity index is 417. The molecule has 1 rings (SSSR count). The van der Waals surface area contributed by atoms with Crippen LogP contribution in [0.25, 0.3) is 0 Å². The average Bonchev–Trinajstić information content (AvgIpc) is 2.01. The number of hydrogen-bond acceptors (Lipinski definition) is 4. The summed E-state index contributed by atoms with van der Waals surface area (Å²) in [6.45, 7) is 0.736. The fourth-order valence-corrected chi connectivity index (χ4v) is 1.51. The van der Waals surface area contributed by atoms with Crippen LogP contribution in [0.3, 0.4) is 0 Å². The Morgan fingerprint density at radius 2 is 2.08 bits per heavy atom. The van der Waals surface area contributed by atoms with Gasteiger partial charge < -0.3 is 0 Å². The van der Waals surface area contributed by atoms with Crippen molar-refractivity contribution in [3.63, 3.8) is 0 Å². The Labute approximate surface area is 75.8 Å². The van der Waals surface area contributed by atoms with Crippen LogP contribution in [-0.2, 0) is 16.5 Å². The van der Waals surface area contributed by atoms with Gasteiger partial charge in [0.15, 0.2) is 14.9 Å². The van der Waals surface area contributed by atoms with Crippen LogP contribution in [0, 0.1) is 6.92 Å². The number of aryl methyl sites for hydroxylation is 1. The molecule has 0 N–H and O–H groups in total. The van der Waals surface area contributed by atoms with E-state index in [0.717, 1.165) is 12.3 Å². The van der Waals surface area contributed by atoms with Gasteiger partial charge in [0.1, 0.15) is 12.5 Å². The third-order valence-corrected chi connectivity index (χ3v) is 2.35. The van der Waals surface area contributed by atoms with Crippen molar-refractivity contribution in [1.82, 2.24) is 9.97 Å². The molecule has 0 fully saturated rings. The van der Waals surface area contributed by atoms with Crippen LogP contribution in [-0.4, -0.2) is 24.6 Å². The van der Waals surface area contributed by atoms with Crippen LogP contribution in [0.15, 0.2) is 11.1 Å². The van der Waals surface area contributed by atoms with E-state index in [1.807, 2.05) is 0 Å². The van der Waals surface area contributed by atoms with Gasteiger partial charge in [-0.2, -0.15) is 0 Å². The quantitative estimate of drug-likeness (QED) is 0.664. The molecule has 0 amide bonds. The van der Waals surface area contributed by atoms with E-state index in [0.29, 0.717) is 0 Å². The van der Waals surface area contributed by atoms with Gasteiger partial charge in [-0.25, -0.2) is 22.8 Å². The molecule has 4 nitrogen and oxygen atoms in total. The smallest absolute Gasteiger partial charge is 0.192 e. The third kappa shape index (κ3) is 2.45. The standard InChI is InChI=1S/C7H9FN2O2S/c1-5-9-6(4-8)3-7(10-5)13(2,11)12/h3H,4H2,1-2H3. The summed E-state index contributed by atoms with van der Waals surface area (Å²) in [7, 11) is -3.38. The zero-order chi connectivity index (χ0) is 10.1. The number of rotatable bonds is 2. The number of aromatic nitrogens is 2. The molecule has 72 valence electrons. The summed E-state index contributed by atoms with van der Waals surface area (Å²) in [5.41, 5.74) is 0.0907. The molecule has 0 aliphatic heterocycles. The molecule has 6 heteroatoms. The summed E-state index contributed by atoms with van der Waals surface area (Å²) in [5, 5.41) is -0.132. The molecular weight excluding hydrogens is 195 g/mol. The maximum atomic E-state index is 12.2. The zero-order valence-corrected chi connectivity index (χ0v) is 8.10. The molecule has 1 aromatic rings. The molecule has 0 atom stereocenters. The van der Waals surface area contributed by atoms with Crippen molar-refractivity contribution in [2.24, 2.45) is 0 Å². The molecule has 0 unspecified atom stereocenters. The van der Waals surface area contributed by atoms with Crippen molar-refractivity contribution < 1.29 is 12.8 Å². The highest BCUT2D eigenvalue weighted by Crippen LogP contribution is 2.08. The highest BCUT2D eigenvalue weighted by Gasteiger charge is 2.11. The number of halogens is 1. The molecule has 0 aliphatic rings. The van der Waals surface area contributed by atoms with Crippen molar-refractivity contribution in [2.45, 2.75) is 18.6 Å². The van der Waals surface area contributed by atoms with Gasteiger partial charge in [-0.15, -0.1) is 0 Å². The van der Waals surface area contributed by atoms with Gasteiger partial charge in [0.25, 0.3) is 0 Å². The minimum atomic E-state index is -3.38. The van der Waals surface area contributed by atoms with Crippen LogP contribution in [0.4, 0.5) is 4.39 Å². The molecular formula is C7H9FN2O2S. The van der Waals surface area contributed by atoms with E-state index in [2.05, 4.69) is 9.97 Å². The van der Waals surface area contributed by atoms with Gasteiger partial charge in [0.05, 0.1) is 5.69 Å². The Hall–Kier alpha value is -1.04. The van der Waals surface area contributed by atoms with E-state index < -0.39 is 16.5 Å². The van der Waals surface area contributed by atoms with E-state index in [9.17, 15) is 12.8 Å². The average molecular weight is 204 g/mol. The second-order valence-corrected chi connectivity index (χ2v) is 4.61. The van der Waals surface area contributed by atoms with Gasteiger partial charge in [0.2, 0.25) is 0 Å². The number of alkyl halides is 1.